The van der Waals surface area contributed by atoms with Crippen LogP contribution in [-0.4, -0.2) is 47.8 Å². The van der Waals surface area contributed by atoms with E-state index in [0.717, 1.165) is 12.2 Å². The minimum Gasteiger partial charge on any atom is -0.478 e. The minimum atomic E-state index is -3.15. The number of furan rings is 1. The van der Waals surface area contributed by atoms with E-state index >= 15 is 0 Å². The summed E-state index contributed by atoms with van der Waals surface area (Å²) in [6.45, 7) is 0.107. The van der Waals surface area contributed by atoms with Crippen molar-refractivity contribution in [2.24, 2.45) is 0 Å². The first-order chi connectivity index (χ1) is 9.87. The van der Waals surface area contributed by atoms with Crippen LogP contribution in [-0.2, 0) is 26.0 Å². The fourth-order valence-electron chi connectivity index (χ4n) is 2.22. The maximum absolute atomic E-state index is 12.1. The van der Waals surface area contributed by atoms with Gasteiger partial charge < -0.3 is 14.4 Å². The molecular formula is C13H15NO6S. The Morgan fingerprint density at radius 2 is 2.19 bits per heavy atom. The number of rotatable bonds is 5. The largest absolute Gasteiger partial charge is 0.478 e. The van der Waals surface area contributed by atoms with E-state index < -0.39 is 27.8 Å². The topological polar surface area (TPSA) is 105 Å². The fourth-order valence-corrected chi connectivity index (χ4v) is 3.95. The van der Waals surface area contributed by atoms with Gasteiger partial charge in [0, 0.05) is 18.2 Å². The van der Waals surface area contributed by atoms with Gasteiger partial charge >= 0.3 is 5.97 Å². The van der Waals surface area contributed by atoms with Gasteiger partial charge in [-0.15, -0.1) is 0 Å². The van der Waals surface area contributed by atoms with Gasteiger partial charge in [0.25, 0.3) is 0 Å². The molecule has 21 heavy (non-hydrogen) atoms. The summed E-state index contributed by atoms with van der Waals surface area (Å²) in [5.41, 5.74) is 0. The van der Waals surface area contributed by atoms with E-state index in [4.69, 9.17) is 9.52 Å². The molecule has 8 heteroatoms. The van der Waals surface area contributed by atoms with E-state index in [0.29, 0.717) is 12.2 Å². The Hall–Kier alpha value is -2.09. The second kappa shape index (κ2) is 6.13. The van der Waals surface area contributed by atoms with Crippen molar-refractivity contribution in [1.82, 2.24) is 4.90 Å². The molecule has 1 atom stereocenters. The molecule has 1 aliphatic heterocycles. The van der Waals surface area contributed by atoms with Crippen molar-refractivity contribution >= 4 is 21.7 Å². The van der Waals surface area contributed by atoms with Gasteiger partial charge in [-0.05, 0) is 18.6 Å². The van der Waals surface area contributed by atoms with E-state index in [-0.39, 0.29) is 18.1 Å². The van der Waals surface area contributed by atoms with Crippen LogP contribution < -0.4 is 0 Å². The summed E-state index contributed by atoms with van der Waals surface area (Å²) in [4.78, 5) is 23.9. The lowest BCUT2D eigenvalue weighted by Gasteiger charge is -2.26. The normalized spacial score (nSPS) is 20.7. The summed E-state index contributed by atoms with van der Waals surface area (Å²) in [5.74, 6) is -1.35. The molecular weight excluding hydrogens is 298 g/mol. The highest BCUT2D eigenvalue weighted by molar-refractivity contribution is 7.91. The Morgan fingerprint density at radius 1 is 1.43 bits per heavy atom. The molecule has 1 N–H and O–H groups in total. The van der Waals surface area contributed by atoms with Crippen molar-refractivity contribution < 1.29 is 27.5 Å². The zero-order valence-corrected chi connectivity index (χ0v) is 12.0. The number of carbonyl (C=O) groups excluding carboxylic acids is 1. The number of sulfone groups is 1. The number of hydrogen-bond donors (Lipinski definition) is 1. The summed E-state index contributed by atoms with van der Waals surface area (Å²) >= 11 is 0. The Morgan fingerprint density at radius 3 is 2.71 bits per heavy atom. The van der Waals surface area contributed by atoms with Crippen LogP contribution in [0.5, 0.6) is 0 Å². The van der Waals surface area contributed by atoms with Crippen LogP contribution in [0.2, 0.25) is 0 Å². The molecule has 2 heterocycles. The third-order valence-corrected chi connectivity index (χ3v) is 4.96. The number of carboxylic acids is 1. The molecule has 0 aromatic carbocycles. The fraction of sp³-hybridized carbons (Fsp3) is 0.385. The standard InChI is InChI=1S/C13H15NO6S/c15-12(3-4-13(16)17)14(8-11-2-1-6-20-11)10-5-7-21(18,19)9-10/h1-4,6,10H,5,7-9H2,(H,16,17). The molecule has 0 saturated carbocycles. The van der Waals surface area contributed by atoms with Crippen molar-refractivity contribution in [3.63, 3.8) is 0 Å². The molecule has 1 fully saturated rings. The van der Waals surface area contributed by atoms with E-state index in [1.807, 2.05) is 0 Å². The Labute approximate surface area is 121 Å². The average Bonchev–Trinajstić information content (AvgIpc) is 3.02. The van der Waals surface area contributed by atoms with Crippen molar-refractivity contribution in [3.05, 3.63) is 36.3 Å². The van der Waals surface area contributed by atoms with Crippen LogP contribution in [0.15, 0.2) is 35.0 Å². The summed E-state index contributed by atoms with van der Waals surface area (Å²) in [5, 5.41) is 8.58. The van der Waals surface area contributed by atoms with Crippen LogP contribution in [0.4, 0.5) is 0 Å². The van der Waals surface area contributed by atoms with Gasteiger partial charge in [-0.2, -0.15) is 0 Å². The van der Waals surface area contributed by atoms with Crippen LogP contribution >= 0.6 is 0 Å². The molecule has 114 valence electrons. The van der Waals surface area contributed by atoms with Gasteiger partial charge in [0.05, 0.1) is 24.3 Å². The highest BCUT2D eigenvalue weighted by atomic mass is 32.2. The minimum absolute atomic E-state index is 0.0300. The molecule has 0 aliphatic carbocycles. The quantitative estimate of drug-likeness (QED) is 0.791. The highest BCUT2D eigenvalue weighted by Crippen LogP contribution is 2.20. The van der Waals surface area contributed by atoms with Crippen LogP contribution in [0, 0.1) is 0 Å². The van der Waals surface area contributed by atoms with Gasteiger partial charge in [0.1, 0.15) is 5.76 Å². The Balaban J connectivity index is 2.18. The number of nitrogens with zero attached hydrogens (tertiary/aromatic N) is 1. The van der Waals surface area contributed by atoms with E-state index in [9.17, 15) is 18.0 Å². The number of carboxylic acid groups (broad SMARTS) is 1. The van der Waals surface area contributed by atoms with Gasteiger partial charge in [0.2, 0.25) is 5.91 Å². The lowest BCUT2D eigenvalue weighted by Crippen LogP contribution is -2.39. The van der Waals surface area contributed by atoms with Crippen molar-refractivity contribution in [3.8, 4) is 0 Å². The third kappa shape index (κ3) is 4.19. The molecule has 1 amide bonds. The summed E-state index contributed by atoms with van der Waals surface area (Å²) in [6.07, 6.45) is 3.46. The second-order valence-corrected chi connectivity index (χ2v) is 7.00. The summed E-state index contributed by atoms with van der Waals surface area (Å²) in [6, 6.07) is 2.87. The Kier molecular flexibility index (Phi) is 4.46. The predicted octanol–water partition coefficient (Wildman–Crippen LogP) is 0.436. The van der Waals surface area contributed by atoms with Crippen LogP contribution in [0.25, 0.3) is 0 Å². The van der Waals surface area contributed by atoms with Crippen molar-refractivity contribution in [1.29, 1.82) is 0 Å². The van der Waals surface area contributed by atoms with E-state index in [1.54, 1.807) is 12.1 Å². The smallest absolute Gasteiger partial charge is 0.328 e. The summed E-state index contributed by atoms with van der Waals surface area (Å²) < 4.78 is 28.3. The molecule has 1 unspecified atom stereocenters. The maximum atomic E-state index is 12.1. The van der Waals surface area contributed by atoms with Crippen LogP contribution in [0.1, 0.15) is 12.2 Å². The molecule has 1 aliphatic rings. The first kappa shape index (κ1) is 15.3. The maximum Gasteiger partial charge on any atom is 0.328 e. The van der Waals surface area contributed by atoms with E-state index in [1.165, 1.54) is 11.2 Å². The molecule has 1 aromatic rings. The molecule has 1 aromatic heterocycles. The molecule has 0 radical (unpaired) electrons. The number of hydrogen-bond acceptors (Lipinski definition) is 5. The van der Waals surface area contributed by atoms with Gasteiger partial charge in [-0.25, -0.2) is 13.2 Å². The molecule has 0 spiro atoms. The van der Waals surface area contributed by atoms with Gasteiger partial charge in [0.15, 0.2) is 9.84 Å². The van der Waals surface area contributed by atoms with Gasteiger partial charge in [-0.1, -0.05) is 0 Å². The van der Waals surface area contributed by atoms with E-state index in [2.05, 4.69) is 0 Å². The van der Waals surface area contributed by atoms with Gasteiger partial charge in [-0.3, -0.25) is 4.79 Å². The Bertz CT molecular complexity index is 646. The molecule has 2 rings (SSSR count). The number of aliphatic carboxylic acids is 1. The molecule has 7 nitrogen and oxygen atoms in total. The zero-order chi connectivity index (χ0) is 15.5. The lowest BCUT2D eigenvalue weighted by molar-refractivity contribution is -0.133. The third-order valence-electron chi connectivity index (χ3n) is 3.21. The SMILES string of the molecule is O=C(O)C=CC(=O)N(Cc1ccco1)C1CCS(=O)(=O)C1. The van der Waals surface area contributed by atoms with Crippen molar-refractivity contribution in [2.45, 2.75) is 19.0 Å². The monoisotopic (exact) mass is 313 g/mol. The average molecular weight is 313 g/mol. The molecule has 1 saturated heterocycles. The molecule has 0 bridgehead atoms. The van der Waals surface area contributed by atoms with Crippen LogP contribution in [0.3, 0.4) is 0 Å². The summed E-state index contributed by atoms with van der Waals surface area (Å²) in [7, 11) is -3.15. The predicted molar refractivity (Wildman–Crippen MR) is 73.1 cm³/mol. The second-order valence-electron chi connectivity index (χ2n) is 4.77. The first-order valence-electron chi connectivity index (χ1n) is 6.32. The highest BCUT2D eigenvalue weighted by Gasteiger charge is 2.34. The first-order valence-corrected chi connectivity index (χ1v) is 8.14. The van der Waals surface area contributed by atoms with Crippen molar-refractivity contribution in [2.75, 3.05) is 11.5 Å². The number of carbonyl (C=O) groups is 2. The number of amides is 1. The zero-order valence-electron chi connectivity index (χ0n) is 11.1. The lowest BCUT2D eigenvalue weighted by atomic mass is 10.2.